The molecule has 252 valence electrons. The summed E-state index contributed by atoms with van der Waals surface area (Å²) in [5.41, 5.74) is 0.951. The minimum absolute atomic E-state index is 0.0134. The van der Waals surface area contributed by atoms with Crippen LogP contribution >= 0.6 is 6.83 Å². The van der Waals surface area contributed by atoms with Crippen molar-refractivity contribution in [1.82, 2.24) is 0 Å². The minimum atomic E-state index is -3.93. The Morgan fingerprint density at radius 1 is 0.574 bits per heavy atom. The summed E-state index contributed by atoms with van der Waals surface area (Å²) < 4.78 is 43.3. The first-order valence-electron chi connectivity index (χ1n) is 16.3. The zero-order valence-electron chi connectivity index (χ0n) is 27.9. The van der Waals surface area contributed by atoms with Gasteiger partial charge in [-0.2, -0.15) is 0 Å². The van der Waals surface area contributed by atoms with Crippen LogP contribution in [0.25, 0.3) is 0 Å². The van der Waals surface area contributed by atoms with E-state index in [0.717, 1.165) is 73.5 Å². The Bertz CT molecular complexity index is 1600. The van der Waals surface area contributed by atoms with Gasteiger partial charge in [-0.05, 0) is 6.92 Å². The topological polar surface area (TPSA) is 96.0 Å². The van der Waals surface area contributed by atoms with Crippen molar-refractivity contribution < 1.29 is 31.5 Å². The summed E-state index contributed by atoms with van der Waals surface area (Å²) >= 11 is 0. The van der Waals surface area contributed by atoms with Crippen molar-refractivity contribution >= 4 is 44.4 Å². The Kier molecular flexibility index (Phi) is 12.4. The number of allylic oxidation sites excluding steroid dienone is 2. The van der Waals surface area contributed by atoms with E-state index in [9.17, 15) is 18.0 Å². The third-order valence-corrected chi connectivity index (χ3v) is 16.8. The molecule has 0 spiro atoms. The minimum Gasteiger partial charge on any atom is -0.285 e. The molecule has 1 aliphatic carbocycles. The van der Waals surface area contributed by atoms with E-state index in [4.69, 9.17) is 13.4 Å². The van der Waals surface area contributed by atoms with Crippen LogP contribution in [0.2, 0.25) is 0 Å². The van der Waals surface area contributed by atoms with Gasteiger partial charge >= 0.3 is 223 Å². The van der Waals surface area contributed by atoms with E-state index in [2.05, 4.69) is 0 Å². The van der Waals surface area contributed by atoms with Gasteiger partial charge in [-0.3, -0.25) is 9.59 Å². The monoisotopic (exact) mass is 678 g/mol. The van der Waals surface area contributed by atoms with Gasteiger partial charge in [0.15, 0.2) is 0 Å². The molecule has 1 aliphatic rings. The number of benzene rings is 3. The maximum absolute atomic E-state index is 13.2. The predicted molar refractivity (Wildman–Crippen MR) is 191 cm³/mol. The molecule has 0 radical (unpaired) electrons. The Morgan fingerprint density at radius 3 is 1.36 bits per heavy atom. The summed E-state index contributed by atoms with van der Waals surface area (Å²) in [4.78, 5) is 25.5. The predicted octanol–water partition coefficient (Wildman–Crippen LogP) is 6.89. The van der Waals surface area contributed by atoms with E-state index in [0.29, 0.717) is 23.7 Å². The average molecular weight is 679 g/mol. The number of carbonyl (C=O) groups excluding carboxylic acids is 2. The van der Waals surface area contributed by atoms with Gasteiger partial charge in [0, 0.05) is 0 Å². The van der Waals surface area contributed by atoms with Crippen molar-refractivity contribution in [2.45, 2.75) is 64.7 Å². The molecule has 3 aromatic carbocycles. The van der Waals surface area contributed by atoms with Crippen LogP contribution in [-0.2, 0) is 33.2 Å². The van der Waals surface area contributed by atoms with E-state index < -0.39 is 16.9 Å². The van der Waals surface area contributed by atoms with Crippen molar-refractivity contribution in [3.63, 3.8) is 0 Å². The van der Waals surface area contributed by atoms with E-state index in [1.807, 2.05) is 91.0 Å². The van der Waals surface area contributed by atoms with E-state index in [1.165, 1.54) is 14.2 Å². The second-order valence-corrected chi connectivity index (χ2v) is 18.6. The van der Waals surface area contributed by atoms with Gasteiger partial charge in [-0.25, -0.2) is 0 Å². The van der Waals surface area contributed by atoms with Crippen molar-refractivity contribution in [1.29, 1.82) is 0 Å². The number of unbranched alkanes of at least 4 members (excludes halogenated alkanes) is 7. The summed E-state index contributed by atoms with van der Waals surface area (Å²) in [6, 6.07) is 29.7. The van der Waals surface area contributed by atoms with Crippen molar-refractivity contribution in [2.75, 3.05) is 26.6 Å². The smallest absolute Gasteiger partial charge is 0.285 e. The molecule has 0 unspecified atom stereocenters. The fraction of sp³-hybridized carbons (Fsp3) is 0.368. The quantitative estimate of drug-likeness (QED) is 0.0822. The molecule has 0 fully saturated rings. The zero-order valence-corrected chi connectivity index (χ0v) is 29.7. The molecule has 0 N–H and O–H groups in total. The number of ketones is 2. The molecule has 9 heteroatoms. The van der Waals surface area contributed by atoms with Crippen molar-refractivity contribution in [2.24, 2.45) is 0 Å². The van der Waals surface area contributed by atoms with Crippen LogP contribution in [0.15, 0.2) is 114 Å². The van der Waals surface area contributed by atoms with E-state index in [-0.39, 0.29) is 23.1 Å². The Balaban J connectivity index is 1.41. The molecule has 0 saturated heterocycles. The Labute approximate surface area is 280 Å². The fourth-order valence-corrected chi connectivity index (χ4v) is 15.4. The van der Waals surface area contributed by atoms with Gasteiger partial charge in [-0.1, -0.05) is 0 Å². The molecule has 3 aromatic rings. The molecular weight excluding hydrogens is 631 g/mol. The summed E-state index contributed by atoms with van der Waals surface area (Å²) in [5.74, 6) is -0.592. The number of rotatable bonds is 18. The molecule has 0 aromatic heterocycles. The number of hydrogen-bond donors (Lipinski definition) is 0. The summed E-state index contributed by atoms with van der Waals surface area (Å²) in [7, 11) is -1.13. The van der Waals surface area contributed by atoms with Crippen LogP contribution in [-0.4, -0.2) is 46.6 Å². The average Bonchev–Trinajstić information content (AvgIpc) is 3.08. The molecule has 0 bridgehead atoms. The summed E-state index contributed by atoms with van der Waals surface area (Å²) in [6.07, 6.45) is 9.92. The third-order valence-electron chi connectivity index (χ3n) is 9.06. The number of Topliss-reactive ketones (excluding diaryl/α,β-unsaturated/α-hetero) is 2. The zero-order chi connectivity index (χ0) is 33.9. The number of ether oxygens (including phenoxy) is 2. The van der Waals surface area contributed by atoms with Crippen LogP contribution in [0.3, 0.4) is 0 Å². The van der Waals surface area contributed by atoms with E-state index >= 15 is 0 Å². The van der Waals surface area contributed by atoms with Crippen molar-refractivity contribution in [3.05, 3.63) is 114 Å². The first kappa shape index (κ1) is 36.3. The molecule has 0 amide bonds. The van der Waals surface area contributed by atoms with Gasteiger partial charge < -0.3 is 9.47 Å². The van der Waals surface area contributed by atoms with Crippen LogP contribution < -0.4 is 15.9 Å². The first-order valence-corrected chi connectivity index (χ1v) is 20.5. The van der Waals surface area contributed by atoms with Crippen LogP contribution in [0, 0.1) is 0 Å². The Morgan fingerprint density at radius 2 is 0.957 bits per heavy atom. The molecule has 4 rings (SSSR count). The second-order valence-electron chi connectivity index (χ2n) is 12.1. The van der Waals surface area contributed by atoms with Gasteiger partial charge in [0.25, 0.3) is 0 Å². The molecule has 7 nitrogen and oxygen atoms in total. The number of carbonyl (C=O) groups is 2. The molecule has 0 heterocycles. The van der Waals surface area contributed by atoms with Crippen molar-refractivity contribution in [3.8, 4) is 0 Å². The first-order chi connectivity index (χ1) is 22.6. The SMILES string of the molecule is COC1=C(OC)C(=O)C(CCCCCCCCCCP(OS(C)(=O)=O)(c2ccccc2)(c2ccccc2)c2ccccc2)=C(C)C1=O. The fourth-order valence-electron chi connectivity index (χ4n) is 6.80. The summed E-state index contributed by atoms with van der Waals surface area (Å²) in [6.45, 7) is -2.26. The van der Waals surface area contributed by atoms with E-state index in [1.54, 1.807) is 6.92 Å². The molecule has 0 aliphatic heterocycles. The third kappa shape index (κ3) is 7.77. The summed E-state index contributed by atoms with van der Waals surface area (Å²) in [5, 5.41) is 2.70. The van der Waals surface area contributed by atoms with Crippen LogP contribution in [0.5, 0.6) is 0 Å². The number of hydrogen-bond acceptors (Lipinski definition) is 7. The normalized spacial score (nSPS) is 15.0. The van der Waals surface area contributed by atoms with Gasteiger partial charge in [0.2, 0.25) is 17.3 Å². The van der Waals surface area contributed by atoms with Crippen LogP contribution in [0.1, 0.15) is 64.7 Å². The second kappa shape index (κ2) is 16.0. The maximum atomic E-state index is 13.2. The van der Waals surface area contributed by atoms with Gasteiger partial charge in [0.05, 0.1) is 14.2 Å². The van der Waals surface area contributed by atoms with Gasteiger partial charge in [-0.15, -0.1) is 0 Å². The molecule has 47 heavy (non-hydrogen) atoms. The van der Waals surface area contributed by atoms with Crippen LogP contribution in [0.4, 0.5) is 0 Å². The molecular formula is C38H47O7PS. The molecule has 0 atom stereocenters. The molecule has 0 saturated carbocycles. The van der Waals surface area contributed by atoms with Gasteiger partial charge in [0.1, 0.15) is 0 Å². The number of methoxy groups -OCH3 is 2. The Hall–Kier alpha value is -3.58. The standard InChI is InChI=1S/C38H47O7PS/c1-30-34(36(40)38(44-3)37(43-2)35(30)39)28-20-9-7-5-6-8-10-21-29-46(45-47(4,41)42,31-22-14-11-15-23-31,32-24-16-12-17-25-32)33-26-18-13-19-27-33/h11-19,22-27H,5-10,20-21,28-29H2,1-4H3.